The second-order valence-electron chi connectivity index (χ2n) is 7.24. The molecule has 1 unspecified atom stereocenters. The summed E-state index contributed by atoms with van der Waals surface area (Å²) in [6.45, 7) is 2.18. The van der Waals surface area contributed by atoms with E-state index in [4.69, 9.17) is 9.72 Å². The molecular formula is C24H22N4OS. The van der Waals surface area contributed by atoms with Crippen LogP contribution in [-0.4, -0.2) is 20.9 Å². The Bertz CT molecular complexity index is 1200. The van der Waals surface area contributed by atoms with Gasteiger partial charge in [-0.3, -0.25) is 0 Å². The first kappa shape index (κ1) is 18.9. The molecule has 1 aromatic heterocycles. The van der Waals surface area contributed by atoms with Crippen molar-refractivity contribution < 1.29 is 4.74 Å². The average molecular weight is 415 g/mol. The fraction of sp³-hybridized carbons (Fsp3) is 0.208. The third-order valence-corrected chi connectivity index (χ3v) is 6.06. The Morgan fingerprint density at radius 3 is 2.70 bits per heavy atom. The van der Waals surface area contributed by atoms with Crippen molar-refractivity contribution >= 4 is 28.2 Å². The molecule has 0 radical (unpaired) electrons. The largest absolute Gasteiger partial charge is 0.448 e. The van der Waals surface area contributed by atoms with Crippen molar-refractivity contribution in [1.29, 1.82) is 0 Å². The molecule has 0 fully saturated rings. The van der Waals surface area contributed by atoms with Gasteiger partial charge in [-0.1, -0.05) is 79.7 Å². The normalized spacial score (nSPS) is 14.9. The van der Waals surface area contributed by atoms with Crippen molar-refractivity contribution in [3.63, 3.8) is 0 Å². The lowest BCUT2D eigenvalue weighted by atomic mass is 10.1. The molecule has 0 saturated carbocycles. The van der Waals surface area contributed by atoms with Gasteiger partial charge in [0.2, 0.25) is 11.0 Å². The van der Waals surface area contributed by atoms with E-state index in [9.17, 15) is 0 Å². The van der Waals surface area contributed by atoms with Gasteiger partial charge in [-0.15, -0.1) is 10.2 Å². The summed E-state index contributed by atoms with van der Waals surface area (Å²) in [6, 6.07) is 22.8. The number of nitrogens with zero attached hydrogens (tertiary/aromatic N) is 3. The van der Waals surface area contributed by atoms with Crippen molar-refractivity contribution in [2.45, 2.75) is 31.1 Å². The minimum absolute atomic E-state index is 0.373. The van der Waals surface area contributed by atoms with Crippen LogP contribution < -0.4 is 10.1 Å². The van der Waals surface area contributed by atoms with Crippen LogP contribution in [-0.2, 0) is 0 Å². The molecule has 4 aromatic rings. The molecule has 0 amide bonds. The van der Waals surface area contributed by atoms with Crippen LogP contribution in [0.25, 0.3) is 22.0 Å². The molecule has 0 bridgehead atoms. The summed E-state index contributed by atoms with van der Waals surface area (Å²) >= 11 is 1.62. The third kappa shape index (κ3) is 3.71. The number of thioether (sulfide) groups is 1. The van der Waals surface area contributed by atoms with Crippen LogP contribution in [0.3, 0.4) is 0 Å². The molecule has 0 spiro atoms. The first-order valence-electron chi connectivity index (χ1n) is 10.2. The van der Waals surface area contributed by atoms with Gasteiger partial charge in [0.1, 0.15) is 0 Å². The Morgan fingerprint density at radius 2 is 1.80 bits per heavy atom. The first-order chi connectivity index (χ1) is 14.8. The summed E-state index contributed by atoms with van der Waals surface area (Å²) in [5.41, 5.74) is 3.61. The van der Waals surface area contributed by atoms with E-state index < -0.39 is 0 Å². The highest BCUT2D eigenvalue weighted by Crippen LogP contribution is 2.39. The molecule has 3 aromatic carbocycles. The molecule has 0 saturated heterocycles. The summed E-state index contributed by atoms with van der Waals surface area (Å²) in [5.74, 6) is 1.49. The highest BCUT2D eigenvalue weighted by atomic mass is 32.2. The van der Waals surface area contributed by atoms with E-state index >= 15 is 0 Å². The molecule has 5 nitrogen and oxygen atoms in total. The standard InChI is InChI=1S/C24H22N4OS/c1-2-3-14-30-24-26-23-21(27-28-24)19-10-6-7-11-20(19)25-22(29-23)18-13-12-16-8-4-5-9-17(16)15-18/h4-13,15,22,25H,2-3,14H2,1H3. The molecule has 0 aliphatic carbocycles. The van der Waals surface area contributed by atoms with Crippen LogP contribution in [0.4, 0.5) is 5.69 Å². The van der Waals surface area contributed by atoms with Crippen LogP contribution >= 0.6 is 11.8 Å². The minimum atomic E-state index is -0.373. The monoisotopic (exact) mass is 414 g/mol. The molecule has 150 valence electrons. The number of hydrogen-bond acceptors (Lipinski definition) is 6. The zero-order chi connectivity index (χ0) is 20.3. The van der Waals surface area contributed by atoms with Gasteiger partial charge in [-0.05, 0) is 29.3 Å². The molecule has 1 aliphatic heterocycles. The number of unbranched alkanes of at least 4 members (excludes halogenated alkanes) is 1. The highest BCUT2D eigenvalue weighted by Gasteiger charge is 2.26. The van der Waals surface area contributed by atoms with Crippen LogP contribution in [0.15, 0.2) is 71.9 Å². The lowest BCUT2D eigenvalue weighted by Gasteiger charge is -2.19. The Hall–Kier alpha value is -3.12. The lowest BCUT2D eigenvalue weighted by molar-refractivity contribution is 0.225. The number of fused-ring (bicyclic) bond motifs is 4. The molecule has 1 atom stereocenters. The third-order valence-electron chi connectivity index (χ3n) is 5.14. The van der Waals surface area contributed by atoms with E-state index in [2.05, 4.69) is 64.9 Å². The Balaban J connectivity index is 1.56. The molecule has 30 heavy (non-hydrogen) atoms. The Labute approximate surface area is 179 Å². The zero-order valence-corrected chi connectivity index (χ0v) is 17.5. The average Bonchev–Trinajstić information content (AvgIpc) is 2.95. The van der Waals surface area contributed by atoms with E-state index in [-0.39, 0.29) is 6.23 Å². The maximum absolute atomic E-state index is 6.38. The van der Waals surface area contributed by atoms with Gasteiger partial charge < -0.3 is 10.1 Å². The smallest absolute Gasteiger partial charge is 0.247 e. The molecule has 5 rings (SSSR count). The number of benzene rings is 3. The van der Waals surface area contributed by atoms with Crippen LogP contribution in [0, 0.1) is 0 Å². The zero-order valence-electron chi connectivity index (χ0n) is 16.7. The Kier molecular flexibility index (Phi) is 5.24. The van der Waals surface area contributed by atoms with Gasteiger partial charge in [0.15, 0.2) is 11.9 Å². The number of para-hydroxylation sites is 1. The summed E-state index contributed by atoms with van der Waals surface area (Å²) in [7, 11) is 0. The van der Waals surface area contributed by atoms with Gasteiger partial charge in [-0.25, -0.2) is 0 Å². The fourth-order valence-electron chi connectivity index (χ4n) is 3.54. The lowest BCUT2D eigenvalue weighted by Crippen LogP contribution is -2.17. The summed E-state index contributed by atoms with van der Waals surface area (Å²) < 4.78 is 6.38. The van der Waals surface area contributed by atoms with Gasteiger partial charge in [0, 0.05) is 22.6 Å². The molecule has 1 N–H and O–H groups in total. The quantitative estimate of drug-likeness (QED) is 0.315. The van der Waals surface area contributed by atoms with Gasteiger partial charge in [0.25, 0.3) is 0 Å². The number of hydrogen-bond donors (Lipinski definition) is 1. The van der Waals surface area contributed by atoms with Gasteiger partial charge in [0.05, 0.1) is 0 Å². The van der Waals surface area contributed by atoms with Gasteiger partial charge in [-0.2, -0.15) is 4.98 Å². The van der Waals surface area contributed by atoms with Crippen molar-refractivity contribution in [2.24, 2.45) is 0 Å². The SMILES string of the molecule is CCCCSc1nnc2c(n1)OC(c1ccc3ccccc3c1)Nc1ccccc1-2. The second-order valence-corrected chi connectivity index (χ2v) is 8.31. The van der Waals surface area contributed by atoms with E-state index in [1.165, 1.54) is 10.8 Å². The van der Waals surface area contributed by atoms with Crippen molar-refractivity contribution in [2.75, 3.05) is 11.1 Å². The van der Waals surface area contributed by atoms with Crippen molar-refractivity contribution in [3.05, 3.63) is 72.3 Å². The van der Waals surface area contributed by atoms with Crippen molar-refractivity contribution in [1.82, 2.24) is 15.2 Å². The molecule has 2 heterocycles. The number of rotatable bonds is 5. The number of aromatic nitrogens is 3. The maximum Gasteiger partial charge on any atom is 0.247 e. The summed E-state index contributed by atoms with van der Waals surface area (Å²) in [4.78, 5) is 4.71. The first-order valence-corrected chi connectivity index (χ1v) is 11.2. The number of nitrogens with one attached hydrogen (secondary N) is 1. The topological polar surface area (TPSA) is 59.9 Å². The minimum Gasteiger partial charge on any atom is -0.448 e. The van der Waals surface area contributed by atoms with E-state index in [0.717, 1.165) is 35.4 Å². The number of anilines is 1. The highest BCUT2D eigenvalue weighted by molar-refractivity contribution is 7.99. The fourth-order valence-corrected chi connectivity index (χ4v) is 4.40. The van der Waals surface area contributed by atoms with E-state index in [1.54, 1.807) is 11.8 Å². The van der Waals surface area contributed by atoms with E-state index in [1.807, 2.05) is 24.3 Å². The Morgan fingerprint density at radius 1 is 0.967 bits per heavy atom. The predicted molar refractivity (Wildman–Crippen MR) is 122 cm³/mol. The van der Waals surface area contributed by atoms with Crippen LogP contribution in [0.2, 0.25) is 0 Å². The van der Waals surface area contributed by atoms with Crippen molar-refractivity contribution in [3.8, 4) is 17.1 Å². The summed E-state index contributed by atoms with van der Waals surface area (Å²) in [5, 5.41) is 15.4. The summed E-state index contributed by atoms with van der Waals surface area (Å²) in [6.07, 6.45) is 1.89. The van der Waals surface area contributed by atoms with Gasteiger partial charge >= 0.3 is 0 Å². The van der Waals surface area contributed by atoms with E-state index in [0.29, 0.717) is 16.7 Å². The predicted octanol–water partition coefficient (Wildman–Crippen LogP) is 6.09. The van der Waals surface area contributed by atoms with Crippen LogP contribution in [0.1, 0.15) is 31.6 Å². The molecule has 1 aliphatic rings. The maximum atomic E-state index is 6.38. The number of ether oxygens (including phenoxy) is 1. The van der Waals surface area contributed by atoms with Crippen LogP contribution in [0.5, 0.6) is 5.88 Å². The molecular weight excluding hydrogens is 392 g/mol. The molecule has 6 heteroatoms. The second kappa shape index (κ2) is 8.32.